The molecule has 182 valence electrons. The second-order valence-corrected chi connectivity index (χ2v) is 9.21. The highest BCUT2D eigenvalue weighted by Crippen LogP contribution is 2.27. The second kappa shape index (κ2) is 11.4. The molecule has 0 saturated carbocycles. The van der Waals surface area contributed by atoms with Crippen molar-refractivity contribution in [1.82, 2.24) is 9.55 Å². The minimum atomic E-state index is -0.00144. The van der Waals surface area contributed by atoms with E-state index in [4.69, 9.17) is 26.1 Å². The lowest BCUT2D eigenvalue weighted by Gasteiger charge is -2.14. The number of aryl methyl sites for hydroxylation is 2. The van der Waals surface area contributed by atoms with Gasteiger partial charge in [-0.05, 0) is 86.3 Å². The zero-order valence-corrected chi connectivity index (χ0v) is 21.3. The molecule has 0 fully saturated rings. The van der Waals surface area contributed by atoms with E-state index < -0.39 is 0 Å². The van der Waals surface area contributed by atoms with Crippen LogP contribution in [-0.4, -0.2) is 23.3 Å². The van der Waals surface area contributed by atoms with Crippen LogP contribution < -0.4 is 15.0 Å². The van der Waals surface area contributed by atoms with E-state index in [2.05, 4.69) is 0 Å². The van der Waals surface area contributed by atoms with Crippen molar-refractivity contribution < 1.29 is 9.47 Å². The van der Waals surface area contributed by atoms with Crippen LogP contribution in [-0.2, 0) is 6.54 Å². The van der Waals surface area contributed by atoms with E-state index in [9.17, 15) is 4.79 Å². The summed E-state index contributed by atoms with van der Waals surface area (Å²) in [5.41, 5.74) is 3.73. The zero-order valence-electron chi connectivity index (χ0n) is 20.5. The summed E-state index contributed by atoms with van der Waals surface area (Å²) < 4.78 is 13.1. The first-order valence-electron chi connectivity index (χ1n) is 12.0. The van der Waals surface area contributed by atoms with Gasteiger partial charge in [-0.15, -0.1) is 0 Å². The lowest BCUT2D eigenvalue weighted by atomic mass is 10.1. The maximum Gasteiger partial charge on any atom is 0.261 e. The summed E-state index contributed by atoms with van der Waals surface area (Å²) in [5.74, 6) is 2.38. The monoisotopic (exact) mass is 490 g/mol. The molecule has 0 unspecified atom stereocenters. The predicted molar refractivity (Wildman–Crippen MR) is 143 cm³/mol. The summed E-state index contributed by atoms with van der Waals surface area (Å²) in [6.45, 7) is 5.32. The molecule has 1 aromatic heterocycles. The van der Waals surface area contributed by atoms with Gasteiger partial charge in [0.2, 0.25) is 0 Å². The Morgan fingerprint density at radius 3 is 2.31 bits per heavy atom. The standard InChI is InChI=1S/C29H31ClN2O3/c1-20-18-23(30)19-21(2)27(20)35-17-9-5-4-8-16-32-28(22-12-14-24(34-3)15-13-22)31-26-11-7-6-10-25(26)29(32)33/h6-7,10-15,18-19H,4-5,8-9,16-17H2,1-3H3. The Labute approximate surface area is 211 Å². The molecular formula is C29H31ClN2O3. The van der Waals surface area contributed by atoms with E-state index in [0.29, 0.717) is 29.9 Å². The van der Waals surface area contributed by atoms with Gasteiger partial charge in [-0.2, -0.15) is 0 Å². The molecule has 3 aromatic carbocycles. The van der Waals surface area contributed by atoms with Crippen LogP contribution in [0.3, 0.4) is 0 Å². The van der Waals surface area contributed by atoms with Gasteiger partial charge in [0, 0.05) is 17.1 Å². The highest BCUT2D eigenvalue weighted by molar-refractivity contribution is 6.30. The highest BCUT2D eigenvalue weighted by Gasteiger charge is 2.13. The SMILES string of the molecule is COc1ccc(-c2nc3ccccc3c(=O)n2CCCCCCOc2c(C)cc(Cl)cc2C)cc1. The Morgan fingerprint density at radius 2 is 1.60 bits per heavy atom. The number of benzene rings is 3. The van der Waals surface area contributed by atoms with Crippen molar-refractivity contribution in [3.63, 3.8) is 0 Å². The molecule has 0 spiro atoms. The maximum absolute atomic E-state index is 13.3. The van der Waals surface area contributed by atoms with Crippen LogP contribution in [0, 0.1) is 13.8 Å². The smallest absolute Gasteiger partial charge is 0.261 e. The molecule has 0 aliphatic carbocycles. The molecule has 5 nitrogen and oxygen atoms in total. The van der Waals surface area contributed by atoms with Crippen molar-refractivity contribution in [3.8, 4) is 22.9 Å². The zero-order chi connectivity index (χ0) is 24.8. The lowest BCUT2D eigenvalue weighted by molar-refractivity contribution is 0.300. The third-order valence-electron chi connectivity index (χ3n) is 6.16. The van der Waals surface area contributed by atoms with Gasteiger partial charge in [0.25, 0.3) is 5.56 Å². The van der Waals surface area contributed by atoms with Crippen molar-refractivity contribution in [3.05, 3.63) is 87.2 Å². The minimum Gasteiger partial charge on any atom is -0.497 e. The van der Waals surface area contributed by atoms with Crippen LogP contribution in [0.1, 0.15) is 36.8 Å². The molecule has 0 aliphatic heterocycles. The summed E-state index contributed by atoms with van der Waals surface area (Å²) in [7, 11) is 1.64. The molecule has 0 amide bonds. The normalized spacial score (nSPS) is 11.1. The molecule has 1 heterocycles. The third-order valence-corrected chi connectivity index (χ3v) is 6.38. The van der Waals surface area contributed by atoms with Crippen molar-refractivity contribution in [2.45, 2.75) is 46.1 Å². The van der Waals surface area contributed by atoms with Gasteiger partial charge < -0.3 is 9.47 Å². The Morgan fingerprint density at radius 1 is 0.914 bits per heavy atom. The van der Waals surface area contributed by atoms with Crippen LogP contribution in [0.2, 0.25) is 5.02 Å². The van der Waals surface area contributed by atoms with E-state index in [1.54, 1.807) is 11.7 Å². The number of fused-ring (bicyclic) bond motifs is 1. The second-order valence-electron chi connectivity index (χ2n) is 8.77. The fourth-order valence-corrected chi connectivity index (χ4v) is 4.69. The number of unbranched alkanes of at least 4 members (excludes halogenated alkanes) is 3. The van der Waals surface area contributed by atoms with Gasteiger partial charge in [-0.25, -0.2) is 4.98 Å². The minimum absolute atomic E-state index is 0.00144. The number of para-hydroxylation sites is 1. The van der Waals surface area contributed by atoms with E-state index in [0.717, 1.165) is 58.9 Å². The average Bonchev–Trinajstić information content (AvgIpc) is 2.85. The molecule has 35 heavy (non-hydrogen) atoms. The predicted octanol–water partition coefficient (Wildman–Crippen LogP) is 6.98. The van der Waals surface area contributed by atoms with Gasteiger partial charge in [-0.3, -0.25) is 9.36 Å². The van der Waals surface area contributed by atoms with Crippen molar-refractivity contribution in [1.29, 1.82) is 0 Å². The summed E-state index contributed by atoms with van der Waals surface area (Å²) in [6, 6.07) is 19.1. The number of rotatable bonds is 10. The summed E-state index contributed by atoms with van der Waals surface area (Å²) in [5, 5.41) is 1.38. The summed E-state index contributed by atoms with van der Waals surface area (Å²) >= 11 is 6.11. The number of aromatic nitrogens is 2. The van der Waals surface area contributed by atoms with Crippen molar-refractivity contribution in [2.75, 3.05) is 13.7 Å². The van der Waals surface area contributed by atoms with Crippen molar-refractivity contribution in [2.24, 2.45) is 0 Å². The van der Waals surface area contributed by atoms with E-state index >= 15 is 0 Å². The van der Waals surface area contributed by atoms with Crippen LogP contribution in [0.25, 0.3) is 22.3 Å². The van der Waals surface area contributed by atoms with Crippen LogP contribution in [0.5, 0.6) is 11.5 Å². The molecule has 0 saturated heterocycles. The quantitative estimate of drug-likeness (QED) is 0.225. The number of hydrogen-bond acceptors (Lipinski definition) is 4. The first-order chi connectivity index (χ1) is 17.0. The topological polar surface area (TPSA) is 53.3 Å². The highest BCUT2D eigenvalue weighted by atomic mass is 35.5. The number of halogens is 1. The molecule has 0 bridgehead atoms. The molecule has 4 rings (SSSR count). The third kappa shape index (κ3) is 5.85. The molecule has 0 aliphatic rings. The fourth-order valence-electron chi connectivity index (χ4n) is 4.36. The maximum atomic E-state index is 13.3. The van der Waals surface area contributed by atoms with E-state index in [1.807, 2.05) is 74.5 Å². The average molecular weight is 491 g/mol. The van der Waals surface area contributed by atoms with Crippen LogP contribution in [0.15, 0.2) is 65.5 Å². The van der Waals surface area contributed by atoms with Crippen molar-refractivity contribution >= 4 is 22.5 Å². The first-order valence-corrected chi connectivity index (χ1v) is 12.4. The molecule has 0 radical (unpaired) electrons. The molecular weight excluding hydrogens is 460 g/mol. The Bertz CT molecular complexity index is 1340. The van der Waals surface area contributed by atoms with Gasteiger partial charge >= 0.3 is 0 Å². The van der Waals surface area contributed by atoms with Crippen LogP contribution in [0.4, 0.5) is 0 Å². The Kier molecular flexibility index (Phi) is 8.09. The summed E-state index contributed by atoms with van der Waals surface area (Å²) in [4.78, 5) is 18.2. The van der Waals surface area contributed by atoms with E-state index in [-0.39, 0.29) is 5.56 Å². The van der Waals surface area contributed by atoms with E-state index in [1.165, 1.54) is 0 Å². The molecule has 0 N–H and O–H groups in total. The number of nitrogens with zero attached hydrogens (tertiary/aromatic N) is 2. The Hall–Kier alpha value is -3.31. The van der Waals surface area contributed by atoms with Gasteiger partial charge in [0.1, 0.15) is 17.3 Å². The first kappa shape index (κ1) is 24.8. The van der Waals surface area contributed by atoms with Crippen LogP contribution >= 0.6 is 11.6 Å². The molecule has 4 aromatic rings. The van der Waals surface area contributed by atoms with Gasteiger partial charge in [0.05, 0.1) is 24.6 Å². The Balaban J connectivity index is 1.40. The lowest BCUT2D eigenvalue weighted by Crippen LogP contribution is -2.23. The molecule has 6 heteroatoms. The molecule has 0 atom stereocenters. The number of ether oxygens (including phenoxy) is 2. The van der Waals surface area contributed by atoms with Gasteiger partial charge in [0.15, 0.2) is 0 Å². The fraction of sp³-hybridized carbons (Fsp3) is 0.310. The summed E-state index contributed by atoms with van der Waals surface area (Å²) in [6.07, 6.45) is 3.88. The van der Waals surface area contributed by atoms with Gasteiger partial charge in [-0.1, -0.05) is 36.6 Å². The number of methoxy groups -OCH3 is 1. The largest absolute Gasteiger partial charge is 0.497 e. The number of hydrogen-bond donors (Lipinski definition) is 0.